The Morgan fingerprint density at radius 2 is 1.97 bits per heavy atom. The average molecular weight is 426 g/mol. The Labute approximate surface area is 181 Å². The van der Waals surface area contributed by atoms with Gasteiger partial charge < -0.3 is 14.9 Å². The number of aromatic amines is 1. The molecule has 3 aromatic rings. The Morgan fingerprint density at radius 3 is 2.57 bits per heavy atom. The highest BCUT2D eigenvalue weighted by molar-refractivity contribution is 7.71. The number of methoxy groups -OCH3 is 1. The van der Waals surface area contributed by atoms with E-state index in [-0.39, 0.29) is 11.5 Å². The minimum absolute atomic E-state index is 0.0563. The quantitative estimate of drug-likeness (QED) is 0.445. The molecule has 0 saturated carbocycles. The fourth-order valence-electron chi connectivity index (χ4n) is 3.66. The number of phenolic OH excluding ortho intramolecular Hbond substituents is 2. The second kappa shape index (κ2) is 8.75. The highest BCUT2D eigenvalue weighted by atomic mass is 32.1. The maximum Gasteiger partial charge on any atom is 0.200 e. The molecule has 2 aromatic carbocycles. The molecule has 1 heterocycles. The van der Waals surface area contributed by atoms with Crippen molar-refractivity contribution in [2.24, 2.45) is 5.92 Å². The highest BCUT2D eigenvalue weighted by Crippen LogP contribution is 2.37. The number of hydrogen-bond acceptors (Lipinski definition) is 5. The summed E-state index contributed by atoms with van der Waals surface area (Å²) in [6, 6.07) is 8.90. The third kappa shape index (κ3) is 3.85. The van der Waals surface area contributed by atoms with E-state index in [1.165, 1.54) is 6.07 Å². The van der Waals surface area contributed by atoms with E-state index in [4.69, 9.17) is 17.0 Å². The van der Waals surface area contributed by atoms with Gasteiger partial charge in [0.25, 0.3) is 0 Å². The second-order valence-electron chi connectivity index (χ2n) is 7.32. The van der Waals surface area contributed by atoms with E-state index >= 15 is 0 Å². The molecule has 0 spiro atoms. The minimum atomic E-state index is -0.0648. The van der Waals surface area contributed by atoms with Crippen LogP contribution < -0.4 is 4.74 Å². The van der Waals surface area contributed by atoms with Crippen molar-refractivity contribution in [3.8, 4) is 34.3 Å². The molecule has 0 bridgehead atoms. The number of phenols is 2. The van der Waals surface area contributed by atoms with Crippen LogP contribution in [0.5, 0.6) is 17.2 Å². The second-order valence-corrected chi connectivity index (χ2v) is 7.71. The van der Waals surface area contributed by atoms with Gasteiger partial charge in [0.05, 0.1) is 18.4 Å². The summed E-state index contributed by atoms with van der Waals surface area (Å²) in [7, 11) is 1.65. The predicted octanol–water partition coefficient (Wildman–Crippen LogP) is 5.64. The van der Waals surface area contributed by atoms with Crippen LogP contribution in [0.25, 0.3) is 22.6 Å². The molecule has 0 amide bonds. The van der Waals surface area contributed by atoms with E-state index in [0.29, 0.717) is 28.5 Å². The van der Waals surface area contributed by atoms with Gasteiger partial charge >= 0.3 is 0 Å². The number of ether oxygens (including phenoxy) is 1. The van der Waals surface area contributed by atoms with Gasteiger partial charge in [-0.2, -0.15) is 5.10 Å². The first-order valence-corrected chi connectivity index (χ1v) is 10.3. The number of H-pyrrole nitrogens is 1. The molecular weight excluding hydrogens is 398 g/mol. The van der Waals surface area contributed by atoms with Gasteiger partial charge in [0.1, 0.15) is 17.2 Å². The van der Waals surface area contributed by atoms with Crippen LogP contribution in [-0.4, -0.2) is 32.1 Å². The lowest BCUT2D eigenvalue weighted by molar-refractivity contribution is 0.413. The summed E-state index contributed by atoms with van der Waals surface area (Å²) in [4.78, 5) is 0. The maximum absolute atomic E-state index is 10.5. The van der Waals surface area contributed by atoms with Crippen molar-refractivity contribution in [1.29, 1.82) is 0 Å². The standard InChI is InChI=1S/C23H27N3O3S/c1-6-14-10-18(20(28)12-19(14)27)22-24-25-23(30)26(22)15-8-9-21(29-5)17(11-15)16(7-2)13(3)4/h7-13,27-28H,6H2,1-5H3,(H,25,30)/b16-7+. The van der Waals surface area contributed by atoms with Crippen LogP contribution in [0, 0.1) is 10.7 Å². The number of nitrogens with one attached hydrogen (secondary N) is 1. The van der Waals surface area contributed by atoms with Gasteiger partial charge in [-0.3, -0.25) is 9.67 Å². The van der Waals surface area contributed by atoms with Gasteiger partial charge in [0.2, 0.25) is 0 Å². The van der Waals surface area contributed by atoms with E-state index in [9.17, 15) is 10.2 Å². The van der Waals surface area contributed by atoms with Crippen LogP contribution >= 0.6 is 12.2 Å². The summed E-state index contributed by atoms with van der Waals surface area (Å²) >= 11 is 5.50. The normalized spacial score (nSPS) is 11.9. The number of benzene rings is 2. The first kappa shape index (κ1) is 21.6. The summed E-state index contributed by atoms with van der Waals surface area (Å²) in [5, 5.41) is 27.7. The monoisotopic (exact) mass is 425 g/mol. The van der Waals surface area contributed by atoms with Crippen molar-refractivity contribution in [2.45, 2.75) is 34.1 Å². The molecule has 0 fully saturated rings. The number of aromatic hydroxyl groups is 2. The summed E-state index contributed by atoms with van der Waals surface area (Å²) in [6.07, 6.45) is 2.71. The summed E-state index contributed by atoms with van der Waals surface area (Å²) < 4.78 is 7.77. The fourth-order valence-corrected chi connectivity index (χ4v) is 3.90. The molecule has 0 saturated heterocycles. The molecule has 158 valence electrons. The van der Waals surface area contributed by atoms with Gasteiger partial charge in [-0.25, -0.2) is 0 Å². The number of aryl methyl sites for hydroxylation is 1. The van der Waals surface area contributed by atoms with Crippen molar-refractivity contribution in [3.63, 3.8) is 0 Å². The molecule has 30 heavy (non-hydrogen) atoms. The minimum Gasteiger partial charge on any atom is -0.508 e. The molecule has 7 heteroatoms. The zero-order valence-corrected chi connectivity index (χ0v) is 18.7. The molecule has 1 aromatic heterocycles. The SMILES string of the molecule is C/C=C(/c1cc(-n2c(-c3cc(CC)c(O)cc3O)n[nH]c2=S)ccc1OC)C(C)C. The highest BCUT2D eigenvalue weighted by Gasteiger charge is 2.19. The Kier molecular flexibility index (Phi) is 6.31. The third-order valence-corrected chi connectivity index (χ3v) is 5.45. The average Bonchev–Trinajstić information content (AvgIpc) is 3.09. The summed E-state index contributed by atoms with van der Waals surface area (Å²) in [5.41, 5.74) is 4.14. The zero-order chi connectivity index (χ0) is 22.0. The van der Waals surface area contributed by atoms with Crippen LogP contribution in [-0.2, 0) is 6.42 Å². The fraction of sp³-hybridized carbons (Fsp3) is 0.304. The van der Waals surface area contributed by atoms with Gasteiger partial charge in [0.15, 0.2) is 10.6 Å². The maximum atomic E-state index is 10.5. The molecule has 3 rings (SSSR count). The molecule has 0 aliphatic carbocycles. The van der Waals surface area contributed by atoms with Gasteiger partial charge in [-0.05, 0) is 66.9 Å². The Morgan fingerprint density at radius 1 is 1.23 bits per heavy atom. The van der Waals surface area contributed by atoms with Crippen molar-refractivity contribution < 1.29 is 14.9 Å². The number of aromatic nitrogens is 3. The topological polar surface area (TPSA) is 83.3 Å². The van der Waals surface area contributed by atoms with Crippen LogP contribution in [0.3, 0.4) is 0 Å². The zero-order valence-electron chi connectivity index (χ0n) is 17.9. The number of allylic oxidation sites excluding steroid dienone is 2. The Balaban J connectivity index is 2.25. The summed E-state index contributed by atoms with van der Waals surface area (Å²) in [5.74, 6) is 1.54. The van der Waals surface area contributed by atoms with Crippen molar-refractivity contribution in [1.82, 2.24) is 14.8 Å². The van der Waals surface area contributed by atoms with E-state index in [2.05, 4.69) is 30.1 Å². The van der Waals surface area contributed by atoms with Crippen molar-refractivity contribution in [2.75, 3.05) is 7.11 Å². The van der Waals surface area contributed by atoms with Crippen LogP contribution in [0.4, 0.5) is 0 Å². The van der Waals surface area contributed by atoms with Gasteiger partial charge in [0, 0.05) is 11.6 Å². The molecule has 3 N–H and O–H groups in total. The molecule has 0 aliphatic heterocycles. The number of hydrogen-bond donors (Lipinski definition) is 3. The van der Waals surface area contributed by atoms with Crippen molar-refractivity contribution in [3.05, 3.63) is 52.3 Å². The predicted molar refractivity (Wildman–Crippen MR) is 122 cm³/mol. The lowest BCUT2D eigenvalue weighted by Crippen LogP contribution is -2.03. The molecule has 0 radical (unpaired) electrons. The molecular formula is C23H27N3O3S. The van der Waals surface area contributed by atoms with Crippen LogP contribution in [0.15, 0.2) is 36.4 Å². The third-order valence-electron chi connectivity index (χ3n) is 5.18. The number of nitrogens with zero attached hydrogens (tertiary/aromatic N) is 2. The molecule has 6 nitrogen and oxygen atoms in total. The lowest BCUT2D eigenvalue weighted by atomic mass is 9.94. The first-order valence-electron chi connectivity index (χ1n) is 9.89. The Bertz CT molecular complexity index is 1160. The van der Waals surface area contributed by atoms with Crippen LogP contribution in [0.1, 0.15) is 38.8 Å². The van der Waals surface area contributed by atoms with E-state index in [1.54, 1.807) is 17.7 Å². The molecule has 0 unspecified atom stereocenters. The Hall–Kier alpha value is -3.06. The van der Waals surface area contributed by atoms with Crippen molar-refractivity contribution >= 4 is 17.8 Å². The van der Waals surface area contributed by atoms with E-state index in [0.717, 1.165) is 28.1 Å². The largest absolute Gasteiger partial charge is 0.508 e. The van der Waals surface area contributed by atoms with E-state index < -0.39 is 0 Å². The summed E-state index contributed by atoms with van der Waals surface area (Å²) in [6.45, 7) is 8.22. The molecule has 0 aliphatic rings. The van der Waals surface area contributed by atoms with Gasteiger partial charge in [-0.15, -0.1) is 0 Å². The smallest absolute Gasteiger partial charge is 0.200 e. The van der Waals surface area contributed by atoms with Crippen LogP contribution in [0.2, 0.25) is 0 Å². The van der Waals surface area contributed by atoms with E-state index in [1.807, 2.05) is 32.0 Å². The number of rotatable bonds is 6. The lowest BCUT2D eigenvalue weighted by Gasteiger charge is -2.17. The first-order chi connectivity index (χ1) is 14.3. The molecule has 0 atom stereocenters. The van der Waals surface area contributed by atoms with Gasteiger partial charge in [-0.1, -0.05) is 26.8 Å².